The van der Waals surface area contributed by atoms with E-state index >= 15 is 0 Å². The van der Waals surface area contributed by atoms with E-state index in [4.69, 9.17) is 0 Å². The van der Waals surface area contributed by atoms with E-state index in [-0.39, 0.29) is 0 Å². The van der Waals surface area contributed by atoms with Crippen molar-refractivity contribution in [3.63, 3.8) is 0 Å². The van der Waals surface area contributed by atoms with Gasteiger partial charge in [0.25, 0.3) is 0 Å². The highest BCUT2D eigenvalue weighted by Gasteiger charge is 2.03. The molecule has 0 bridgehead atoms. The molecule has 14 heavy (non-hydrogen) atoms. The maximum Gasteiger partial charge on any atom is 0.125 e. The molecule has 0 atom stereocenters. The molecule has 1 aromatic carbocycles. The Hall–Kier alpha value is -1.35. The molecule has 1 aromatic heterocycles. The Morgan fingerprint density at radius 2 is 1.86 bits per heavy atom. The molecule has 0 spiro atoms. The second-order valence-electron chi connectivity index (χ2n) is 3.02. The van der Waals surface area contributed by atoms with Gasteiger partial charge in [-0.05, 0) is 6.92 Å². The summed E-state index contributed by atoms with van der Waals surface area (Å²) in [5, 5.41) is 0. The molecule has 0 aliphatic rings. The second kappa shape index (κ2) is 3.80. The van der Waals surface area contributed by atoms with Gasteiger partial charge in [-0.25, -0.2) is 9.97 Å². The summed E-state index contributed by atoms with van der Waals surface area (Å²) in [5.41, 5.74) is 1.96. The molecule has 0 saturated heterocycles. The minimum Gasteiger partial charge on any atom is -0.240 e. The maximum atomic E-state index is 4.36. The first-order valence-corrected chi connectivity index (χ1v) is 4.80. The van der Waals surface area contributed by atoms with Crippen molar-refractivity contribution >= 4 is 12.6 Å². The molecule has 2 aromatic rings. The van der Waals surface area contributed by atoms with E-state index in [1.807, 2.05) is 37.3 Å². The van der Waals surface area contributed by atoms with E-state index < -0.39 is 0 Å². The molecular weight excluding hydrogens is 192 g/mol. The van der Waals surface area contributed by atoms with E-state index in [1.54, 1.807) is 6.20 Å². The summed E-state index contributed by atoms with van der Waals surface area (Å²) in [4.78, 5) is 9.24. The van der Waals surface area contributed by atoms with Gasteiger partial charge in [0, 0.05) is 16.7 Å². The lowest BCUT2D eigenvalue weighted by molar-refractivity contribution is 1.02. The molecule has 0 N–H and O–H groups in total. The Kier molecular flexibility index (Phi) is 2.50. The van der Waals surface area contributed by atoms with Crippen LogP contribution in [0.4, 0.5) is 0 Å². The van der Waals surface area contributed by atoms with Crippen LogP contribution in [0.1, 0.15) is 5.82 Å². The topological polar surface area (TPSA) is 25.8 Å². The quantitative estimate of drug-likeness (QED) is 0.719. The van der Waals surface area contributed by atoms with Crippen molar-refractivity contribution in [3.05, 3.63) is 42.4 Å². The minimum absolute atomic E-state index is 0.765. The predicted molar refractivity (Wildman–Crippen MR) is 59.5 cm³/mol. The molecule has 2 rings (SSSR count). The Morgan fingerprint density at radius 1 is 1.14 bits per heavy atom. The number of hydrogen-bond acceptors (Lipinski definition) is 3. The van der Waals surface area contributed by atoms with Crippen LogP contribution < -0.4 is 0 Å². The average Bonchev–Trinajstić information content (AvgIpc) is 2.23. The van der Waals surface area contributed by atoms with E-state index in [0.29, 0.717) is 0 Å². The van der Waals surface area contributed by atoms with Crippen LogP contribution in [-0.2, 0) is 0 Å². The zero-order valence-corrected chi connectivity index (χ0v) is 8.70. The second-order valence-corrected chi connectivity index (χ2v) is 3.50. The van der Waals surface area contributed by atoms with Gasteiger partial charge in [0.1, 0.15) is 5.82 Å². The fourth-order valence-electron chi connectivity index (χ4n) is 1.27. The summed E-state index contributed by atoms with van der Waals surface area (Å²) in [5.74, 6) is 0.765. The van der Waals surface area contributed by atoms with Gasteiger partial charge in [0.05, 0.1) is 5.69 Å². The highest BCUT2D eigenvalue weighted by molar-refractivity contribution is 7.80. The van der Waals surface area contributed by atoms with Crippen LogP contribution >= 0.6 is 12.6 Å². The van der Waals surface area contributed by atoms with Crippen LogP contribution in [0.15, 0.2) is 41.4 Å². The van der Waals surface area contributed by atoms with Gasteiger partial charge >= 0.3 is 0 Å². The number of benzene rings is 1. The molecule has 0 amide bonds. The predicted octanol–water partition coefficient (Wildman–Crippen LogP) is 2.74. The average molecular weight is 202 g/mol. The van der Waals surface area contributed by atoms with E-state index in [0.717, 1.165) is 22.0 Å². The van der Waals surface area contributed by atoms with Gasteiger partial charge in [0.15, 0.2) is 0 Å². The van der Waals surface area contributed by atoms with Crippen LogP contribution in [0.2, 0.25) is 0 Å². The van der Waals surface area contributed by atoms with Crippen molar-refractivity contribution in [2.24, 2.45) is 0 Å². The fourth-order valence-corrected chi connectivity index (χ4v) is 1.51. The Labute approximate surface area is 88.4 Å². The zero-order chi connectivity index (χ0) is 9.97. The number of thiol groups is 1. The molecule has 0 aliphatic heterocycles. The standard InChI is InChI=1S/C11H10N2S/c1-8-12-7-10(14)11(13-8)9-5-3-2-4-6-9/h2-7,14H,1H3. The van der Waals surface area contributed by atoms with E-state index in [1.165, 1.54) is 0 Å². The van der Waals surface area contributed by atoms with Gasteiger partial charge in [-0.2, -0.15) is 0 Å². The van der Waals surface area contributed by atoms with E-state index in [9.17, 15) is 0 Å². The van der Waals surface area contributed by atoms with Crippen molar-refractivity contribution < 1.29 is 0 Å². The summed E-state index contributed by atoms with van der Waals surface area (Å²) < 4.78 is 0. The minimum atomic E-state index is 0.765. The van der Waals surface area contributed by atoms with Crippen molar-refractivity contribution in [3.8, 4) is 11.3 Å². The fraction of sp³-hybridized carbons (Fsp3) is 0.0909. The van der Waals surface area contributed by atoms with Crippen LogP contribution in [0.25, 0.3) is 11.3 Å². The van der Waals surface area contributed by atoms with Crippen molar-refractivity contribution in [1.29, 1.82) is 0 Å². The SMILES string of the molecule is Cc1ncc(S)c(-c2ccccc2)n1. The van der Waals surface area contributed by atoms with Gasteiger partial charge < -0.3 is 0 Å². The monoisotopic (exact) mass is 202 g/mol. The molecule has 70 valence electrons. The lowest BCUT2D eigenvalue weighted by Crippen LogP contribution is -1.91. The number of nitrogens with zero attached hydrogens (tertiary/aromatic N) is 2. The summed E-state index contributed by atoms with van der Waals surface area (Å²) in [6, 6.07) is 9.98. The third-order valence-corrected chi connectivity index (χ3v) is 2.26. The molecule has 2 nitrogen and oxygen atoms in total. The molecule has 0 fully saturated rings. The van der Waals surface area contributed by atoms with Crippen molar-refractivity contribution in [2.75, 3.05) is 0 Å². The summed E-state index contributed by atoms with van der Waals surface area (Å²) in [7, 11) is 0. The lowest BCUT2D eigenvalue weighted by atomic mass is 10.1. The zero-order valence-electron chi connectivity index (χ0n) is 7.81. The molecule has 0 aliphatic carbocycles. The van der Waals surface area contributed by atoms with Crippen LogP contribution in [-0.4, -0.2) is 9.97 Å². The molecular formula is C11H10N2S. The lowest BCUT2D eigenvalue weighted by Gasteiger charge is -2.03. The Bertz CT molecular complexity index is 440. The van der Waals surface area contributed by atoms with Crippen LogP contribution in [0.5, 0.6) is 0 Å². The third-order valence-electron chi connectivity index (χ3n) is 1.94. The van der Waals surface area contributed by atoms with Gasteiger partial charge in [0.2, 0.25) is 0 Å². The molecule has 0 saturated carbocycles. The van der Waals surface area contributed by atoms with E-state index in [2.05, 4.69) is 22.6 Å². The first-order valence-electron chi connectivity index (χ1n) is 4.35. The van der Waals surface area contributed by atoms with Crippen LogP contribution in [0, 0.1) is 6.92 Å². The smallest absolute Gasteiger partial charge is 0.125 e. The number of aromatic nitrogens is 2. The molecule has 0 unspecified atom stereocenters. The van der Waals surface area contributed by atoms with Gasteiger partial charge in [-0.3, -0.25) is 0 Å². The number of hydrogen-bond donors (Lipinski definition) is 1. The summed E-state index contributed by atoms with van der Waals surface area (Å²) in [6.45, 7) is 1.87. The highest BCUT2D eigenvalue weighted by Crippen LogP contribution is 2.22. The van der Waals surface area contributed by atoms with Gasteiger partial charge in [-0.15, -0.1) is 12.6 Å². The largest absolute Gasteiger partial charge is 0.240 e. The number of aryl methyl sites for hydroxylation is 1. The molecule has 0 radical (unpaired) electrons. The first kappa shape index (κ1) is 9.21. The molecule has 1 heterocycles. The third kappa shape index (κ3) is 1.77. The van der Waals surface area contributed by atoms with Crippen LogP contribution in [0.3, 0.4) is 0 Å². The normalized spacial score (nSPS) is 10.1. The first-order chi connectivity index (χ1) is 6.77. The van der Waals surface area contributed by atoms with Gasteiger partial charge in [-0.1, -0.05) is 30.3 Å². The summed E-state index contributed by atoms with van der Waals surface area (Å²) >= 11 is 4.33. The Balaban J connectivity index is 2.57. The molecule has 3 heteroatoms. The summed E-state index contributed by atoms with van der Waals surface area (Å²) in [6.07, 6.45) is 1.73. The number of rotatable bonds is 1. The highest BCUT2D eigenvalue weighted by atomic mass is 32.1. The maximum absolute atomic E-state index is 4.36. The van der Waals surface area contributed by atoms with Crippen molar-refractivity contribution in [1.82, 2.24) is 9.97 Å². The van der Waals surface area contributed by atoms with Crippen molar-refractivity contribution in [2.45, 2.75) is 11.8 Å². The Morgan fingerprint density at radius 3 is 2.57 bits per heavy atom.